The summed E-state index contributed by atoms with van der Waals surface area (Å²) in [5.41, 5.74) is 0. The van der Waals surface area contributed by atoms with Gasteiger partial charge in [-0.3, -0.25) is 4.57 Å². The van der Waals surface area contributed by atoms with Crippen LogP contribution in [0.1, 0.15) is 13.3 Å². The second-order valence-corrected chi connectivity index (χ2v) is 3.01. The van der Waals surface area contributed by atoms with Gasteiger partial charge >= 0.3 is 31.3 Å². The van der Waals surface area contributed by atoms with Gasteiger partial charge in [-0.25, -0.2) is 3.97 Å². The van der Waals surface area contributed by atoms with E-state index >= 15 is 0 Å². The largest absolute Gasteiger partial charge is 0.327 e. The van der Waals surface area contributed by atoms with E-state index in [1.54, 1.807) is 0 Å². The molecule has 0 rings (SSSR count). The highest BCUT2D eigenvalue weighted by Crippen LogP contribution is 2.23. The van der Waals surface area contributed by atoms with E-state index in [-0.39, 0.29) is 23.1 Å². The van der Waals surface area contributed by atoms with Crippen LogP contribution in [0.15, 0.2) is 0 Å². The van der Waals surface area contributed by atoms with Crippen molar-refractivity contribution in [2.24, 2.45) is 0 Å². The van der Waals surface area contributed by atoms with E-state index in [0.717, 1.165) is 24.2 Å². The van der Waals surface area contributed by atoms with Gasteiger partial charge in [0.05, 0.1) is 0 Å². The first-order chi connectivity index (χ1) is 3.77. The fraction of sp³-hybridized carbons (Fsp3) is 1.00. The quantitative estimate of drug-likeness (QED) is 0.298. The van der Waals surface area contributed by atoms with Crippen LogP contribution in [0, 0.1) is 0 Å². The van der Waals surface area contributed by atoms with Crippen molar-refractivity contribution in [3.05, 3.63) is 0 Å². The predicted octanol–water partition coefficient (Wildman–Crippen LogP) is 0.527. The van der Waals surface area contributed by atoms with Gasteiger partial charge in [0.25, 0.3) is 0 Å². The van der Waals surface area contributed by atoms with Crippen molar-refractivity contribution in [1.82, 2.24) is 0 Å². The highest BCUT2D eigenvalue weighted by molar-refractivity contribution is 7.97. The Bertz CT molecular complexity index is 81.5. The highest BCUT2D eigenvalue weighted by atomic mass is 32.2. The van der Waals surface area contributed by atoms with Crippen molar-refractivity contribution in [1.29, 1.82) is 0 Å². The third kappa shape index (κ3) is 12.5. The number of hydrogen-bond donors (Lipinski definition) is 1. The molecule has 0 spiro atoms. The first-order valence-corrected chi connectivity index (χ1v) is 4.47. The lowest BCUT2D eigenvalue weighted by molar-refractivity contribution is 0.432. The maximum absolute atomic E-state index is 9.82. The second kappa shape index (κ2) is 9.27. The summed E-state index contributed by atoms with van der Waals surface area (Å²) >= 11 is 1.04. The average Bonchev–Trinajstić information content (AvgIpc) is 1.66. The van der Waals surface area contributed by atoms with Crippen LogP contribution in [-0.4, -0.2) is 33.7 Å². The molecule has 0 saturated carbocycles. The Morgan fingerprint density at radius 1 is 1.78 bits per heavy atom. The Hall–Kier alpha value is 1.27. The van der Waals surface area contributed by atoms with Crippen LogP contribution in [0.4, 0.5) is 0 Å². The minimum absolute atomic E-state index is 0. The average molecular weight is 182 g/mol. The Kier molecular flexibility index (Phi) is 13.3. The Morgan fingerprint density at radius 2 is 2.33 bits per heavy atom. The van der Waals surface area contributed by atoms with Gasteiger partial charge in [-0.05, 0) is 6.42 Å². The first-order valence-electron chi connectivity index (χ1n) is 2.29. The summed E-state index contributed by atoms with van der Waals surface area (Å²) in [6, 6.07) is 0. The third-order valence-electron chi connectivity index (χ3n) is 0.418. The van der Waals surface area contributed by atoms with Gasteiger partial charge in [-0.15, -0.1) is 0 Å². The highest BCUT2D eigenvalue weighted by Gasteiger charge is 1.89. The minimum atomic E-state index is -2.69. The molecule has 0 radical (unpaired) electrons. The molecule has 6 heteroatoms. The first kappa shape index (κ1) is 12.9. The van der Waals surface area contributed by atoms with E-state index in [9.17, 15) is 4.57 Å². The summed E-state index contributed by atoms with van der Waals surface area (Å²) in [5, 5.41) is 0. The summed E-state index contributed by atoms with van der Waals surface area (Å²) in [5.74, 6) is 0.775. The molecule has 0 aliphatic heterocycles. The van der Waals surface area contributed by atoms with Crippen LogP contribution in [0.5, 0.6) is 0 Å². The normalized spacial score (nSPS) is 12.2. The fourth-order valence-electron chi connectivity index (χ4n) is 0.175. The maximum Gasteiger partial charge on any atom is 0.327 e. The van der Waals surface area contributed by atoms with E-state index < -0.39 is 8.25 Å². The lowest BCUT2D eigenvalue weighted by Gasteiger charge is -1.92. The van der Waals surface area contributed by atoms with Crippen molar-refractivity contribution in [2.75, 3.05) is 5.75 Å². The Labute approximate surface area is 75.9 Å². The lowest BCUT2D eigenvalue weighted by atomic mass is 10.6. The van der Waals surface area contributed by atoms with Crippen molar-refractivity contribution >= 4 is 43.4 Å². The molecule has 0 saturated heterocycles. The standard InChI is InChI=1S/C3H9O3PS.Mg.2H/c1-2-3-8-6-7(4)5;;;/h7H,2-3H2,1H3,(H,4,5);;;. The maximum atomic E-state index is 9.82. The van der Waals surface area contributed by atoms with Gasteiger partial charge in [-0.2, -0.15) is 0 Å². The minimum Gasteiger partial charge on any atom is -0.326 e. The van der Waals surface area contributed by atoms with Gasteiger partial charge in [-0.1, -0.05) is 6.92 Å². The van der Waals surface area contributed by atoms with Gasteiger partial charge in [0, 0.05) is 17.8 Å². The molecule has 0 heterocycles. The van der Waals surface area contributed by atoms with E-state index in [1.165, 1.54) is 0 Å². The zero-order valence-electron chi connectivity index (χ0n) is 4.59. The molecular weight excluding hydrogens is 171 g/mol. The van der Waals surface area contributed by atoms with Crippen LogP contribution in [0.25, 0.3) is 0 Å². The molecule has 0 aromatic heterocycles. The molecule has 1 atom stereocenters. The summed E-state index contributed by atoms with van der Waals surface area (Å²) in [7, 11) is -2.69. The molecule has 54 valence electrons. The summed E-state index contributed by atoms with van der Waals surface area (Å²) in [6.07, 6.45) is 0.958. The summed E-state index contributed by atoms with van der Waals surface area (Å²) in [4.78, 5) is 8.08. The van der Waals surface area contributed by atoms with Crippen LogP contribution in [0.2, 0.25) is 0 Å². The van der Waals surface area contributed by atoms with Gasteiger partial charge in [0.2, 0.25) is 0 Å². The van der Waals surface area contributed by atoms with Gasteiger partial charge in [0.15, 0.2) is 0 Å². The molecule has 0 fully saturated rings. The van der Waals surface area contributed by atoms with Gasteiger partial charge < -0.3 is 4.89 Å². The third-order valence-corrected chi connectivity index (χ3v) is 2.03. The smallest absolute Gasteiger partial charge is 0.326 e. The Morgan fingerprint density at radius 3 is 2.67 bits per heavy atom. The van der Waals surface area contributed by atoms with E-state index in [2.05, 4.69) is 3.97 Å². The van der Waals surface area contributed by atoms with Crippen LogP contribution >= 0.6 is 20.3 Å². The molecule has 3 nitrogen and oxygen atoms in total. The molecule has 1 N–H and O–H groups in total. The Balaban J connectivity index is 0. The van der Waals surface area contributed by atoms with Gasteiger partial charge in [0.1, 0.15) is 0 Å². The van der Waals surface area contributed by atoms with Crippen molar-refractivity contribution in [3.8, 4) is 0 Å². The zero-order valence-corrected chi connectivity index (χ0v) is 6.40. The number of hydrogen-bond acceptors (Lipinski definition) is 3. The van der Waals surface area contributed by atoms with E-state index in [4.69, 9.17) is 4.89 Å². The molecule has 9 heavy (non-hydrogen) atoms. The van der Waals surface area contributed by atoms with Crippen molar-refractivity contribution < 1.29 is 13.4 Å². The molecule has 0 bridgehead atoms. The second-order valence-electron chi connectivity index (χ2n) is 1.17. The molecule has 0 aliphatic rings. The molecule has 1 unspecified atom stereocenters. The molecular formula is C3H11MgO3PS. The zero-order chi connectivity index (χ0) is 6.41. The van der Waals surface area contributed by atoms with Crippen LogP contribution < -0.4 is 0 Å². The predicted molar refractivity (Wildman–Crippen MR) is 43.6 cm³/mol. The fourth-order valence-corrected chi connectivity index (χ4v) is 1.08. The summed E-state index contributed by atoms with van der Waals surface area (Å²) < 4.78 is 14.1. The van der Waals surface area contributed by atoms with Crippen LogP contribution in [-0.2, 0) is 8.54 Å². The molecule has 0 aromatic carbocycles. The topological polar surface area (TPSA) is 46.5 Å². The SMILES string of the molecule is CCCSO[PH](=O)O.[MgH2]. The summed E-state index contributed by atoms with van der Waals surface area (Å²) in [6.45, 7) is 1.98. The molecule has 0 amide bonds. The lowest BCUT2D eigenvalue weighted by Crippen LogP contribution is -1.71. The monoisotopic (exact) mass is 182 g/mol. The number of rotatable bonds is 4. The van der Waals surface area contributed by atoms with Crippen molar-refractivity contribution in [3.63, 3.8) is 0 Å². The molecule has 0 aliphatic carbocycles. The van der Waals surface area contributed by atoms with Crippen molar-refractivity contribution in [2.45, 2.75) is 13.3 Å². The van der Waals surface area contributed by atoms with Crippen LogP contribution in [0.3, 0.4) is 0 Å². The molecule has 0 aromatic rings. The van der Waals surface area contributed by atoms with E-state index in [1.807, 2.05) is 6.92 Å². The van der Waals surface area contributed by atoms with E-state index in [0.29, 0.717) is 0 Å².